The fraction of sp³-hybridized carbons (Fsp3) is 0.200. The molecule has 0 saturated heterocycles. The summed E-state index contributed by atoms with van der Waals surface area (Å²) in [7, 11) is 0. The van der Waals surface area contributed by atoms with Crippen molar-refractivity contribution in [1.82, 2.24) is 0 Å². The predicted molar refractivity (Wildman–Crippen MR) is 50.9 cm³/mol. The maximum Gasteiger partial charge on any atom is 0.341 e. The quantitative estimate of drug-likeness (QED) is 0.727. The molecule has 4 nitrogen and oxygen atoms in total. The monoisotopic (exact) mass is 191 g/mol. The molecule has 1 unspecified atom stereocenters. The second-order valence-electron chi connectivity index (χ2n) is 2.98. The lowest BCUT2D eigenvalue weighted by Crippen LogP contribution is -2.07. The molecule has 0 saturated carbocycles. The highest BCUT2D eigenvalue weighted by molar-refractivity contribution is 5.75. The summed E-state index contributed by atoms with van der Waals surface area (Å²) >= 11 is 0. The van der Waals surface area contributed by atoms with Crippen molar-refractivity contribution in [2.24, 2.45) is 10.9 Å². The lowest BCUT2D eigenvalue weighted by atomic mass is 10.1. The van der Waals surface area contributed by atoms with Gasteiger partial charge in [0, 0.05) is 12.1 Å². The van der Waals surface area contributed by atoms with E-state index in [1.165, 1.54) is 0 Å². The molecule has 1 atom stereocenters. The van der Waals surface area contributed by atoms with Crippen LogP contribution in [0.15, 0.2) is 40.8 Å². The molecule has 1 aliphatic carbocycles. The van der Waals surface area contributed by atoms with Gasteiger partial charge >= 0.3 is 5.97 Å². The van der Waals surface area contributed by atoms with Crippen LogP contribution in [-0.4, -0.2) is 23.9 Å². The molecule has 0 aromatic heterocycles. The number of rotatable bonds is 3. The maximum absolute atomic E-state index is 10.3. The van der Waals surface area contributed by atoms with E-state index in [4.69, 9.17) is 9.84 Å². The van der Waals surface area contributed by atoms with E-state index in [1.807, 2.05) is 18.2 Å². The summed E-state index contributed by atoms with van der Waals surface area (Å²) in [5.41, 5.74) is 0.786. The number of carbonyl (C=O) groups is 1. The molecule has 0 aromatic carbocycles. The molecule has 0 aromatic rings. The SMILES string of the molecule is O=C(O)COC1=C2N=CC=CC2C=C1. The van der Waals surface area contributed by atoms with Gasteiger partial charge in [-0.3, -0.25) is 4.99 Å². The Morgan fingerprint density at radius 3 is 3.21 bits per heavy atom. The van der Waals surface area contributed by atoms with E-state index in [0.29, 0.717) is 5.76 Å². The minimum atomic E-state index is -0.981. The molecular weight excluding hydrogens is 182 g/mol. The summed E-state index contributed by atoms with van der Waals surface area (Å²) in [4.78, 5) is 14.4. The van der Waals surface area contributed by atoms with Gasteiger partial charge in [0.2, 0.25) is 0 Å². The number of carboxylic acids is 1. The number of dihydropyridines is 1. The average molecular weight is 191 g/mol. The number of hydrogen-bond acceptors (Lipinski definition) is 3. The Labute approximate surface area is 80.9 Å². The van der Waals surface area contributed by atoms with Gasteiger partial charge in [0.25, 0.3) is 0 Å². The molecule has 1 heterocycles. The lowest BCUT2D eigenvalue weighted by molar-refractivity contribution is -0.140. The second kappa shape index (κ2) is 3.49. The Morgan fingerprint density at radius 1 is 1.57 bits per heavy atom. The summed E-state index contributed by atoms with van der Waals surface area (Å²) in [5, 5.41) is 8.45. The number of allylic oxidation sites excluding steroid dienone is 3. The van der Waals surface area contributed by atoms with E-state index in [1.54, 1.807) is 12.3 Å². The van der Waals surface area contributed by atoms with E-state index in [9.17, 15) is 4.79 Å². The Hall–Kier alpha value is -1.84. The maximum atomic E-state index is 10.3. The molecule has 14 heavy (non-hydrogen) atoms. The van der Waals surface area contributed by atoms with Crippen LogP contribution in [0, 0.1) is 5.92 Å². The molecule has 0 radical (unpaired) electrons. The first kappa shape index (κ1) is 8.74. The van der Waals surface area contributed by atoms with Crippen LogP contribution < -0.4 is 0 Å². The van der Waals surface area contributed by atoms with E-state index < -0.39 is 5.97 Å². The number of aliphatic carboxylic acids is 1. The van der Waals surface area contributed by atoms with Crippen molar-refractivity contribution in [2.45, 2.75) is 0 Å². The molecule has 4 heteroatoms. The van der Waals surface area contributed by atoms with E-state index in [2.05, 4.69) is 4.99 Å². The van der Waals surface area contributed by atoms with Gasteiger partial charge in [0.15, 0.2) is 6.61 Å². The predicted octanol–water partition coefficient (Wildman–Crippen LogP) is 1.13. The van der Waals surface area contributed by atoms with Gasteiger partial charge in [0.05, 0.1) is 5.70 Å². The van der Waals surface area contributed by atoms with Crippen molar-refractivity contribution >= 4 is 12.2 Å². The zero-order valence-electron chi connectivity index (χ0n) is 7.38. The molecule has 72 valence electrons. The fourth-order valence-corrected chi connectivity index (χ4v) is 1.39. The fourth-order valence-electron chi connectivity index (χ4n) is 1.39. The number of ether oxygens (including phenoxy) is 1. The highest BCUT2D eigenvalue weighted by atomic mass is 16.5. The van der Waals surface area contributed by atoms with Crippen LogP contribution in [-0.2, 0) is 9.53 Å². The summed E-state index contributed by atoms with van der Waals surface area (Å²) < 4.78 is 5.08. The minimum Gasteiger partial charge on any atom is -0.480 e. The van der Waals surface area contributed by atoms with Gasteiger partial charge in [0.1, 0.15) is 5.76 Å². The van der Waals surface area contributed by atoms with Crippen LogP contribution in [0.4, 0.5) is 0 Å². The van der Waals surface area contributed by atoms with Crippen molar-refractivity contribution in [2.75, 3.05) is 6.61 Å². The molecule has 0 spiro atoms. The first-order valence-corrected chi connectivity index (χ1v) is 4.25. The average Bonchev–Trinajstić information content (AvgIpc) is 2.58. The highest BCUT2D eigenvalue weighted by Gasteiger charge is 2.20. The van der Waals surface area contributed by atoms with E-state index >= 15 is 0 Å². The smallest absolute Gasteiger partial charge is 0.341 e. The topological polar surface area (TPSA) is 58.9 Å². The van der Waals surface area contributed by atoms with Crippen LogP contribution in [0.5, 0.6) is 0 Å². The number of aliphatic imine (C=N–C) groups is 1. The van der Waals surface area contributed by atoms with Gasteiger partial charge in [-0.1, -0.05) is 12.2 Å². The van der Waals surface area contributed by atoms with E-state index in [0.717, 1.165) is 5.70 Å². The molecule has 1 N–H and O–H groups in total. The molecule has 2 aliphatic rings. The molecule has 0 fully saturated rings. The van der Waals surface area contributed by atoms with Crippen molar-refractivity contribution in [3.05, 3.63) is 35.8 Å². The minimum absolute atomic E-state index is 0.142. The van der Waals surface area contributed by atoms with Gasteiger partial charge in [-0.25, -0.2) is 4.79 Å². The van der Waals surface area contributed by atoms with Crippen molar-refractivity contribution < 1.29 is 14.6 Å². The van der Waals surface area contributed by atoms with Crippen LogP contribution >= 0.6 is 0 Å². The molecule has 1 aliphatic heterocycles. The Morgan fingerprint density at radius 2 is 2.43 bits per heavy atom. The summed E-state index contributed by atoms with van der Waals surface area (Å²) in [6.45, 7) is -0.324. The molecule has 0 amide bonds. The standard InChI is InChI=1S/C10H9NO3/c12-9(13)6-14-8-4-3-7-2-1-5-11-10(7)8/h1-5,7H,6H2,(H,12,13). The number of fused-ring (bicyclic) bond motifs is 1. The van der Waals surface area contributed by atoms with Crippen LogP contribution in [0.1, 0.15) is 0 Å². The first-order valence-electron chi connectivity index (χ1n) is 4.25. The summed E-state index contributed by atoms with van der Waals surface area (Å²) in [6, 6.07) is 0. The third-order valence-electron chi connectivity index (χ3n) is 1.99. The second-order valence-corrected chi connectivity index (χ2v) is 2.98. The summed E-state index contributed by atoms with van der Waals surface area (Å²) in [6.07, 6.45) is 9.20. The van der Waals surface area contributed by atoms with Crippen LogP contribution in [0.3, 0.4) is 0 Å². The Bertz CT molecular complexity index is 377. The van der Waals surface area contributed by atoms with Crippen LogP contribution in [0.25, 0.3) is 0 Å². The zero-order valence-corrected chi connectivity index (χ0v) is 7.38. The number of hydrogen-bond donors (Lipinski definition) is 1. The summed E-state index contributed by atoms with van der Waals surface area (Å²) in [5.74, 6) is -0.285. The highest BCUT2D eigenvalue weighted by Crippen LogP contribution is 2.29. The lowest BCUT2D eigenvalue weighted by Gasteiger charge is -2.09. The Kier molecular flexibility index (Phi) is 2.18. The normalized spacial score (nSPS) is 22.7. The third kappa shape index (κ3) is 1.59. The van der Waals surface area contributed by atoms with Gasteiger partial charge in [-0.2, -0.15) is 0 Å². The molecule has 2 rings (SSSR count). The van der Waals surface area contributed by atoms with Crippen molar-refractivity contribution in [3.8, 4) is 0 Å². The third-order valence-corrected chi connectivity index (χ3v) is 1.99. The molecule has 0 bridgehead atoms. The van der Waals surface area contributed by atoms with Crippen LogP contribution in [0.2, 0.25) is 0 Å². The Balaban J connectivity index is 2.11. The van der Waals surface area contributed by atoms with Gasteiger partial charge in [-0.05, 0) is 12.2 Å². The van der Waals surface area contributed by atoms with Crippen molar-refractivity contribution in [1.29, 1.82) is 0 Å². The van der Waals surface area contributed by atoms with Crippen molar-refractivity contribution in [3.63, 3.8) is 0 Å². The largest absolute Gasteiger partial charge is 0.480 e. The first-order chi connectivity index (χ1) is 6.77. The number of carboxylic acid groups (broad SMARTS) is 1. The van der Waals surface area contributed by atoms with E-state index in [-0.39, 0.29) is 12.5 Å². The zero-order chi connectivity index (χ0) is 9.97. The molecular formula is C10H9NO3. The van der Waals surface area contributed by atoms with Gasteiger partial charge in [-0.15, -0.1) is 0 Å². The number of nitrogens with zero attached hydrogens (tertiary/aromatic N) is 1. The van der Waals surface area contributed by atoms with Gasteiger partial charge < -0.3 is 9.84 Å².